The summed E-state index contributed by atoms with van der Waals surface area (Å²) < 4.78 is 0. The van der Waals surface area contributed by atoms with Crippen LogP contribution in [0.25, 0.3) is 0 Å². The third-order valence-corrected chi connectivity index (χ3v) is 3.35. The smallest absolute Gasteiger partial charge is 0.0300 e. The molecule has 1 N–H and O–H groups in total. The zero-order valence-electron chi connectivity index (χ0n) is 12.0. The summed E-state index contributed by atoms with van der Waals surface area (Å²) in [6.07, 6.45) is 13.0. The number of likely N-dealkylation sites (N-methyl/N-ethyl adjacent to an activating group) is 1. The summed E-state index contributed by atoms with van der Waals surface area (Å²) in [6, 6.07) is 4.81. The lowest BCUT2D eigenvalue weighted by Crippen LogP contribution is -2.30. The van der Waals surface area contributed by atoms with E-state index in [1.807, 2.05) is 18.5 Å². The Morgan fingerprint density at radius 1 is 1.17 bits per heavy atom. The van der Waals surface area contributed by atoms with Crippen molar-refractivity contribution < 1.29 is 0 Å². The van der Waals surface area contributed by atoms with E-state index in [1.165, 1.54) is 44.1 Å². The molecule has 0 saturated carbocycles. The van der Waals surface area contributed by atoms with Crippen LogP contribution in [0, 0.1) is 0 Å². The van der Waals surface area contributed by atoms with Gasteiger partial charge in [0.05, 0.1) is 0 Å². The Labute approximate surface area is 112 Å². The Morgan fingerprint density at radius 2 is 2.00 bits per heavy atom. The molecule has 0 spiro atoms. The Bertz CT molecular complexity index is 284. The number of hydrogen-bond acceptors (Lipinski definition) is 2. The van der Waals surface area contributed by atoms with Crippen LogP contribution in [0.2, 0.25) is 0 Å². The number of pyridine rings is 1. The second kappa shape index (κ2) is 10.1. The van der Waals surface area contributed by atoms with E-state index < -0.39 is 0 Å². The summed E-state index contributed by atoms with van der Waals surface area (Å²) in [5.74, 6) is 0. The number of aromatic nitrogens is 1. The molecule has 18 heavy (non-hydrogen) atoms. The van der Waals surface area contributed by atoms with Crippen molar-refractivity contribution in [3.8, 4) is 0 Å². The molecular formula is C16H28N2. The van der Waals surface area contributed by atoms with Crippen molar-refractivity contribution in [3.63, 3.8) is 0 Å². The van der Waals surface area contributed by atoms with E-state index in [1.54, 1.807) is 0 Å². The lowest BCUT2D eigenvalue weighted by Gasteiger charge is -2.17. The van der Waals surface area contributed by atoms with Crippen molar-refractivity contribution in [1.82, 2.24) is 10.3 Å². The molecular weight excluding hydrogens is 220 g/mol. The summed E-state index contributed by atoms with van der Waals surface area (Å²) in [5, 5.41) is 3.59. The van der Waals surface area contributed by atoms with Gasteiger partial charge in [0, 0.05) is 18.4 Å². The largest absolute Gasteiger partial charge is 0.314 e. The summed E-state index contributed by atoms with van der Waals surface area (Å²) in [4.78, 5) is 4.19. The van der Waals surface area contributed by atoms with Gasteiger partial charge in [0.25, 0.3) is 0 Å². The molecule has 0 fully saturated rings. The van der Waals surface area contributed by atoms with Crippen molar-refractivity contribution in [1.29, 1.82) is 0 Å². The fourth-order valence-corrected chi connectivity index (χ4v) is 2.36. The fraction of sp³-hybridized carbons (Fsp3) is 0.688. The van der Waals surface area contributed by atoms with Gasteiger partial charge in [0.1, 0.15) is 0 Å². The first-order valence-electron chi connectivity index (χ1n) is 7.49. The monoisotopic (exact) mass is 248 g/mol. The minimum absolute atomic E-state index is 0.612. The second-order valence-electron chi connectivity index (χ2n) is 5.02. The molecule has 1 heterocycles. The molecule has 1 aromatic heterocycles. The molecule has 102 valence electrons. The zero-order chi connectivity index (χ0) is 13.1. The van der Waals surface area contributed by atoms with Gasteiger partial charge in [-0.1, -0.05) is 52.0 Å². The summed E-state index contributed by atoms with van der Waals surface area (Å²) >= 11 is 0. The standard InChI is InChI=1S/C16H28N2/c1-3-5-6-7-8-11-16(18-4-2)13-15-10-9-12-17-14-15/h9-10,12,14,16,18H,3-8,11,13H2,1-2H3. The lowest BCUT2D eigenvalue weighted by molar-refractivity contribution is 0.460. The molecule has 1 rings (SSSR count). The van der Waals surface area contributed by atoms with Gasteiger partial charge in [0.2, 0.25) is 0 Å². The van der Waals surface area contributed by atoms with Crippen molar-refractivity contribution in [2.75, 3.05) is 6.54 Å². The van der Waals surface area contributed by atoms with E-state index in [0.717, 1.165) is 13.0 Å². The zero-order valence-corrected chi connectivity index (χ0v) is 12.0. The molecule has 1 unspecified atom stereocenters. The van der Waals surface area contributed by atoms with E-state index in [0.29, 0.717) is 6.04 Å². The highest BCUT2D eigenvalue weighted by Gasteiger charge is 2.07. The van der Waals surface area contributed by atoms with E-state index in [4.69, 9.17) is 0 Å². The molecule has 2 heteroatoms. The Kier molecular flexibility index (Phi) is 8.49. The molecule has 0 aliphatic carbocycles. The van der Waals surface area contributed by atoms with Gasteiger partial charge in [-0.15, -0.1) is 0 Å². The van der Waals surface area contributed by atoms with Crippen LogP contribution < -0.4 is 5.32 Å². The highest BCUT2D eigenvalue weighted by atomic mass is 14.9. The Morgan fingerprint density at radius 3 is 2.67 bits per heavy atom. The van der Waals surface area contributed by atoms with Crippen molar-refractivity contribution >= 4 is 0 Å². The topological polar surface area (TPSA) is 24.9 Å². The molecule has 0 aliphatic rings. The average molecular weight is 248 g/mol. The fourth-order valence-electron chi connectivity index (χ4n) is 2.36. The molecule has 0 amide bonds. The molecule has 1 aromatic rings. The SMILES string of the molecule is CCCCCCCC(Cc1cccnc1)NCC. The molecule has 0 aliphatic heterocycles. The highest BCUT2D eigenvalue weighted by molar-refractivity contribution is 5.10. The lowest BCUT2D eigenvalue weighted by atomic mass is 10.0. The summed E-state index contributed by atoms with van der Waals surface area (Å²) in [7, 11) is 0. The van der Waals surface area contributed by atoms with Gasteiger partial charge in [-0.25, -0.2) is 0 Å². The van der Waals surface area contributed by atoms with Crippen LogP contribution in [-0.4, -0.2) is 17.6 Å². The number of nitrogens with zero attached hydrogens (tertiary/aromatic N) is 1. The molecule has 1 atom stereocenters. The van der Waals surface area contributed by atoms with E-state index in [-0.39, 0.29) is 0 Å². The maximum Gasteiger partial charge on any atom is 0.0300 e. The first-order chi connectivity index (χ1) is 8.86. The Balaban J connectivity index is 2.26. The van der Waals surface area contributed by atoms with E-state index in [2.05, 4.69) is 30.2 Å². The van der Waals surface area contributed by atoms with E-state index in [9.17, 15) is 0 Å². The Hall–Kier alpha value is -0.890. The van der Waals surface area contributed by atoms with Crippen LogP contribution in [0.15, 0.2) is 24.5 Å². The quantitative estimate of drug-likeness (QED) is 0.634. The van der Waals surface area contributed by atoms with Gasteiger partial charge in [0.15, 0.2) is 0 Å². The van der Waals surface area contributed by atoms with Gasteiger partial charge in [-0.2, -0.15) is 0 Å². The number of hydrogen-bond donors (Lipinski definition) is 1. The predicted molar refractivity (Wildman–Crippen MR) is 78.8 cm³/mol. The minimum Gasteiger partial charge on any atom is -0.314 e. The summed E-state index contributed by atoms with van der Waals surface area (Å²) in [6.45, 7) is 5.51. The third-order valence-electron chi connectivity index (χ3n) is 3.35. The highest BCUT2D eigenvalue weighted by Crippen LogP contribution is 2.11. The van der Waals surface area contributed by atoms with Crippen LogP contribution in [0.5, 0.6) is 0 Å². The first-order valence-corrected chi connectivity index (χ1v) is 7.49. The normalized spacial score (nSPS) is 12.6. The molecule has 0 aromatic carbocycles. The van der Waals surface area contributed by atoms with Gasteiger partial charge < -0.3 is 5.32 Å². The van der Waals surface area contributed by atoms with Crippen LogP contribution in [-0.2, 0) is 6.42 Å². The molecule has 2 nitrogen and oxygen atoms in total. The van der Waals surface area contributed by atoms with Crippen LogP contribution in [0.1, 0.15) is 57.9 Å². The van der Waals surface area contributed by atoms with Gasteiger partial charge in [-0.3, -0.25) is 4.98 Å². The van der Waals surface area contributed by atoms with E-state index >= 15 is 0 Å². The van der Waals surface area contributed by atoms with Crippen molar-refractivity contribution in [2.45, 2.75) is 64.8 Å². The maximum absolute atomic E-state index is 4.19. The second-order valence-corrected chi connectivity index (χ2v) is 5.02. The van der Waals surface area contributed by atoms with Crippen LogP contribution in [0.3, 0.4) is 0 Å². The molecule has 0 radical (unpaired) electrons. The van der Waals surface area contributed by atoms with Gasteiger partial charge in [-0.05, 0) is 31.0 Å². The maximum atomic E-state index is 4.19. The molecule has 0 bridgehead atoms. The first kappa shape index (κ1) is 15.2. The number of nitrogens with one attached hydrogen (secondary N) is 1. The summed E-state index contributed by atoms with van der Waals surface area (Å²) in [5.41, 5.74) is 1.34. The van der Waals surface area contributed by atoms with Crippen LogP contribution >= 0.6 is 0 Å². The predicted octanol–water partition coefficient (Wildman–Crippen LogP) is 3.96. The number of unbranched alkanes of at least 4 members (excludes halogenated alkanes) is 4. The number of rotatable bonds is 10. The molecule has 0 saturated heterocycles. The van der Waals surface area contributed by atoms with Crippen molar-refractivity contribution in [2.24, 2.45) is 0 Å². The van der Waals surface area contributed by atoms with Crippen molar-refractivity contribution in [3.05, 3.63) is 30.1 Å². The third kappa shape index (κ3) is 6.75. The average Bonchev–Trinajstić information content (AvgIpc) is 2.40. The van der Waals surface area contributed by atoms with Gasteiger partial charge >= 0.3 is 0 Å². The minimum atomic E-state index is 0.612. The van der Waals surface area contributed by atoms with Crippen LogP contribution in [0.4, 0.5) is 0 Å².